The molecule has 2 heterocycles. The fourth-order valence-corrected chi connectivity index (χ4v) is 1.96. The highest BCUT2D eigenvalue weighted by molar-refractivity contribution is 7.99. The molecule has 0 aliphatic heterocycles. The highest BCUT2D eigenvalue weighted by Crippen LogP contribution is 2.21. The minimum Gasteiger partial charge on any atom is -0.390 e. The molecule has 7 heteroatoms. The minimum absolute atomic E-state index is 0.0807. The van der Waals surface area contributed by atoms with E-state index in [-0.39, 0.29) is 12.2 Å². The van der Waals surface area contributed by atoms with Gasteiger partial charge in [-0.2, -0.15) is 0 Å². The van der Waals surface area contributed by atoms with E-state index in [9.17, 15) is 4.79 Å². The second kappa shape index (κ2) is 4.50. The van der Waals surface area contributed by atoms with E-state index in [1.54, 1.807) is 17.8 Å². The first-order chi connectivity index (χ1) is 7.72. The average Bonchev–Trinajstić information content (AvgIpc) is 2.63. The summed E-state index contributed by atoms with van der Waals surface area (Å²) >= 11 is 1.16. The standard InChI is InChI=1S/C9H10N4O2S/c1-13-6(5-14)4-12-9(13)16-8-7(15)10-2-3-11-8/h2-4,14H,5H2,1H3,(H,10,15). The number of H-pyrrole nitrogens is 1. The Morgan fingerprint density at radius 3 is 3.00 bits per heavy atom. The maximum Gasteiger partial charge on any atom is 0.280 e. The molecule has 0 saturated carbocycles. The normalized spacial score (nSPS) is 10.6. The second-order valence-electron chi connectivity index (χ2n) is 3.07. The molecule has 0 aliphatic rings. The van der Waals surface area contributed by atoms with Gasteiger partial charge in [0, 0.05) is 19.4 Å². The predicted octanol–water partition coefficient (Wildman–Crippen LogP) is 0.147. The van der Waals surface area contributed by atoms with E-state index in [2.05, 4.69) is 15.0 Å². The Balaban J connectivity index is 2.31. The van der Waals surface area contributed by atoms with Crippen LogP contribution in [0, 0.1) is 0 Å². The molecule has 0 amide bonds. The van der Waals surface area contributed by atoms with E-state index in [1.165, 1.54) is 12.4 Å². The average molecular weight is 238 g/mol. The summed E-state index contributed by atoms with van der Waals surface area (Å²) in [6, 6.07) is 0. The molecule has 6 nitrogen and oxygen atoms in total. The molecule has 84 valence electrons. The summed E-state index contributed by atoms with van der Waals surface area (Å²) in [7, 11) is 1.78. The fourth-order valence-electron chi connectivity index (χ4n) is 1.16. The summed E-state index contributed by atoms with van der Waals surface area (Å²) in [5.74, 6) is 0. The number of imidazole rings is 1. The molecule has 2 rings (SSSR count). The van der Waals surface area contributed by atoms with Crippen LogP contribution in [-0.2, 0) is 13.7 Å². The van der Waals surface area contributed by atoms with Crippen molar-refractivity contribution in [3.05, 3.63) is 34.6 Å². The van der Waals surface area contributed by atoms with Crippen LogP contribution in [0.5, 0.6) is 0 Å². The number of hydrogen-bond donors (Lipinski definition) is 2. The zero-order chi connectivity index (χ0) is 11.5. The predicted molar refractivity (Wildman–Crippen MR) is 58.1 cm³/mol. The molecular formula is C9H10N4O2S. The summed E-state index contributed by atoms with van der Waals surface area (Å²) < 4.78 is 1.72. The van der Waals surface area contributed by atoms with Crippen molar-refractivity contribution >= 4 is 11.8 Å². The van der Waals surface area contributed by atoms with Gasteiger partial charge in [-0.15, -0.1) is 0 Å². The second-order valence-corrected chi connectivity index (χ2v) is 4.03. The van der Waals surface area contributed by atoms with Crippen LogP contribution in [0.3, 0.4) is 0 Å². The number of nitrogens with one attached hydrogen (secondary N) is 1. The van der Waals surface area contributed by atoms with E-state index in [0.29, 0.717) is 15.9 Å². The van der Waals surface area contributed by atoms with Gasteiger partial charge in [-0.25, -0.2) is 9.97 Å². The smallest absolute Gasteiger partial charge is 0.280 e. The number of nitrogens with zero attached hydrogens (tertiary/aromatic N) is 3. The molecule has 0 saturated heterocycles. The zero-order valence-electron chi connectivity index (χ0n) is 8.54. The number of rotatable bonds is 3. The lowest BCUT2D eigenvalue weighted by atomic mass is 10.5. The summed E-state index contributed by atoms with van der Waals surface area (Å²) in [4.78, 5) is 22.0. The van der Waals surface area contributed by atoms with Crippen LogP contribution in [0.25, 0.3) is 0 Å². The largest absolute Gasteiger partial charge is 0.390 e. The molecule has 16 heavy (non-hydrogen) atoms. The van der Waals surface area contributed by atoms with Crippen LogP contribution in [-0.4, -0.2) is 24.6 Å². The molecule has 2 N–H and O–H groups in total. The number of aromatic nitrogens is 4. The third-order valence-electron chi connectivity index (χ3n) is 2.07. The highest BCUT2D eigenvalue weighted by Gasteiger charge is 2.10. The first-order valence-corrected chi connectivity index (χ1v) is 5.37. The first kappa shape index (κ1) is 10.9. The molecule has 0 atom stereocenters. The van der Waals surface area contributed by atoms with Crippen molar-refractivity contribution in [2.24, 2.45) is 7.05 Å². The van der Waals surface area contributed by atoms with Gasteiger partial charge >= 0.3 is 0 Å². The molecule has 2 aromatic heterocycles. The Hall–Kier alpha value is -1.60. The van der Waals surface area contributed by atoms with Crippen LogP contribution >= 0.6 is 11.8 Å². The zero-order valence-corrected chi connectivity index (χ0v) is 9.36. The van der Waals surface area contributed by atoms with Crippen molar-refractivity contribution < 1.29 is 5.11 Å². The van der Waals surface area contributed by atoms with E-state index >= 15 is 0 Å². The van der Waals surface area contributed by atoms with Crippen LogP contribution in [0.1, 0.15) is 5.69 Å². The molecule has 0 aromatic carbocycles. The third-order valence-corrected chi connectivity index (χ3v) is 3.11. The summed E-state index contributed by atoms with van der Waals surface area (Å²) in [6.07, 6.45) is 4.56. The Morgan fingerprint density at radius 2 is 2.38 bits per heavy atom. The van der Waals surface area contributed by atoms with Gasteiger partial charge in [-0.3, -0.25) is 4.79 Å². The lowest BCUT2D eigenvalue weighted by Crippen LogP contribution is -2.09. The van der Waals surface area contributed by atoms with Gasteiger partial charge in [0.05, 0.1) is 18.5 Å². The van der Waals surface area contributed by atoms with Crippen LogP contribution in [0.4, 0.5) is 0 Å². The van der Waals surface area contributed by atoms with Gasteiger partial charge in [0.25, 0.3) is 5.56 Å². The molecule has 0 bridgehead atoms. The van der Waals surface area contributed by atoms with Crippen molar-refractivity contribution in [3.63, 3.8) is 0 Å². The SMILES string of the molecule is Cn1c(CO)cnc1Sc1ncc[nH]c1=O. The number of aliphatic hydroxyl groups excluding tert-OH is 1. The summed E-state index contributed by atoms with van der Waals surface area (Å²) in [5, 5.41) is 9.95. The van der Waals surface area contributed by atoms with E-state index in [1.807, 2.05) is 0 Å². The number of aromatic amines is 1. The van der Waals surface area contributed by atoms with Gasteiger partial charge in [0.2, 0.25) is 0 Å². The monoisotopic (exact) mass is 238 g/mol. The third kappa shape index (κ3) is 2.00. The highest BCUT2D eigenvalue weighted by atomic mass is 32.2. The van der Waals surface area contributed by atoms with Crippen LogP contribution < -0.4 is 5.56 Å². The Bertz CT molecular complexity index is 548. The fraction of sp³-hybridized carbons (Fsp3) is 0.222. The van der Waals surface area contributed by atoms with Crippen molar-refractivity contribution in [2.75, 3.05) is 0 Å². The van der Waals surface area contributed by atoms with Crippen LogP contribution in [0.15, 0.2) is 33.6 Å². The molecule has 2 aromatic rings. The van der Waals surface area contributed by atoms with Crippen molar-refractivity contribution in [3.8, 4) is 0 Å². The van der Waals surface area contributed by atoms with Crippen molar-refractivity contribution in [1.29, 1.82) is 0 Å². The van der Waals surface area contributed by atoms with Gasteiger partial charge in [0.1, 0.15) is 0 Å². The van der Waals surface area contributed by atoms with Crippen molar-refractivity contribution in [1.82, 2.24) is 19.5 Å². The Morgan fingerprint density at radius 1 is 1.56 bits per heavy atom. The maximum atomic E-state index is 11.4. The molecule has 0 unspecified atom stereocenters. The molecule has 0 radical (unpaired) electrons. The van der Waals surface area contributed by atoms with Gasteiger partial charge in [-0.1, -0.05) is 0 Å². The molecule has 0 aliphatic carbocycles. The summed E-state index contributed by atoms with van der Waals surface area (Å²) in [5.41, 5.74) is 0.441. The van der Waals surface area contributed by atoms with E-state index in [4.69, 9.17) is 5.11 Å². The minimum atomic E-state index is -0.249. The molecular weight excluding hydrogens is 228 g/mol. The molecule has 0 spiro atoms. The summed E-state index contributed by atoms with van der Waals surface area (Å²) in [6.45, 7) is -0.0807. The lowest BCUT2D eigenvalue weighted by Gasteiger charge is -2.02. The first-order valence-electron chi connectivity index (χ1n) is 4.55. The van der Waals surface area contributed by atoms with E-state index < -0.39 is 0 Å². The van der Waals surface area contributed by atoms with Gasteiger partial charge < -0.3 is 14.7 Å². The lowest BCUT2D eigenvalue weighted by molar-refractivity contribution is 0.271. The van der Waals surface area contributed by atoms with E-state index in [0.717, 1.165) is 11.8 Å². The van der Waals surface area contributed by atoms with Gasteiger partial charge in [0.15, 0.2) is 10.2 Å². The van der Waals surface area contributed by atoms with Gasteiger partial charge in [-0.05, 0) is 11.8 Å². The van der Waals surface area contributed by atoms with Crippen LogP contribution in [0.2, 0.25) is 0 Å². The number of aliphatic hydroxyl groups is 1. The Labute approximate surface area is 95.4 Å². The maximum absolute atomic E-state index is 11.4. The van der Waals surface area contributed by atoms with Crippen molar-refractivity contribution in [2.45, 2.75) is 16.8 Å². The Kier molecular flexibility index (Phi) is 3.07. The topological polar surface area (TPSA) is 83.8 Å². The quantitative estimate of drug-likeness (QED) is 0.795. The molecule has 0 fully saturated rings. The number of hydrogen-bond acceptors (Lipinski definition) is 5.